The Morgan fingerprint density at radius 3 is 2.86 bits per heavy atom. The van der Waals surface area contributed by atoms with E-state index in [1.807, 2.05) is 21.7 Å². The second-order valence-corrected chi connectivity index (χ2v) is 6.72. The summed E-state index contributed by atoms with van der Waals surface area (Å²) in [6.45, 7) is 4.04. The van der Waals surface area contributed by atoms with E-state index in [4.69, 9.17) is 0 Å². The van der Waals surface area contributed by atoms with Crippen LogP contribution >= 0.6 is 11.3 Å². The minimum atomic E-state index is 0.0673. The van der Waals surface area contributed by atoms with E-state index < -0.39 is 0 Å². The molecule has 2 aliphatic rings. The van der Waals surface area contributed by atoms with E-state index in [0.717, 1.165) is 38.2 Å². The Labute approximate surface area is 128 Å². The number of fused-ring (bicyclic) bond motifs is 1. The lowest BCUT2D eigenvalue weighted by Crippen LogP contribution is -2.44. The van der Waals surface area contributed by atoms with Gasteiger partial charge in [-0.2, -0.15) is 11.3 Å². The highest BCUT2D eigenvalue weighted by Crippen LogP contribution is 2.32. The molecule has 6 heteroatoms. The molecule has 0 spiro atoms. The van der Waals surface area contributed by atoms with Gasteiger partial charge in [0.25, 0.3) is 5.91 Å². The van der Waals surface area contributed by atoms with Crippen molar-refractivity contribution in [3.63, 3.8) is 0 Å². The van der Waals surface area contributed by atoms with Crippen LogP contribution in [0.15, 0.2) is 16.8 Å². The quantitative estimate of drug-likeness (QED) is 0.902. The fraction of sp³-hybridized carbons (Fsp3) is 0.600. The normalized spacial score (nSPS) is 25.7. The zero-order valence-corrected chi connectivity index (χ0v) is 13.1. The first-order valence-corrected chi connectivity index (χ1v) is 8.36. The van der Waals surface area contributed by atoms with E-state index in [-0.39, 0.29) is 11.8 Å². The molecule has 0 saturated carbocycles. The number of carbonyl (C=O) groups is 2. The van der Waals surface area contributed by atoms with Gasteiger partial charge in [-0.1, -0.05) is 0 Å². The first-order chi connectivity index (χ1) is 10.2. The van der Waals surface area contributed by atoms with Crippen LogP contribution in [0.2, 0.25) is 0 Å². The van der Waals surface area contributed by atoms with Gasteiger partial charge in [-0.3, -0.25) is 14.5 Å². The molecule has 1 N–H and O–H groups in total. The third kappa shape index (κ3) is 3.11. The Kier molecular flexibility index (Phi) is 4.26. The molecule has 114 valence electrons. The summed E-state index contributed by atoms with van der Waals surface area (Å²) in [6, 6.07) is 1.90. The van der Waals surface area contributed by atoms with Crippen LogP contribution < -0.4 is 5.32 Å². The van der Waals surface area contributed by atoms with Crippen LogP contribution in [-0.4, -0.2) is 61.4 Å². The summed E-state index contributed by atoms with van der Waals surface area (Å²) in [6.07, 6.45) is 1.08. The number of piperidine rings is 1. The second-order valence-electron chi connectivity index (χ2n) is 5.94. The number of carbonyl (C=O) groups excluding carboxylic acids is 2. The number of hydrogen-bond acceptors (Lipinski definition) is 4. The van der Waals surface area contributed by atoms with Gasteiger partial charge in [-0.25, -0.2) is 0 Å². The molecule has 3 rings (SSSR count). The maximum Gasteiger partial charge on any atom is 0.254 e. The van der Waals surface area contributed by atoms with Crippen LogP contribution in [0.5, 0.6) is 0 Å². The van der Waals surface area contributed by atoms with Gasteiger partial charge in [-0.15, -0.1) is 0 Å². The van der Waals surface area contributed by atoms with E-state index in [0.29, 0.717) is 18.4 Å². The molecule has 21 heavy (non-hydrogen) atoms. The maximum atomic E-state index is 12.4. The van der Waals surface area contributed by atoms with E-state index in [1.165, 1.54) is 0 Å². The van der Waals surface area contributed by atoms with Crippen molar-refractivity contribution in [1.29, 1.82) is 0 Å². The second kappa shape index (κ2) is 6.15. The number of thiophene rings is 1. The zero-order valence-electron chi connectivity index (χ0n) is 12.2. The molecule has 0 aliphatic carbocycles. The van der Waals surface area contributed by atoms with Gasteiger partial charge in [0.2, 0.25) is 5.91 Å². The standard InChI is InChI=1S/C15H21N3O2S/c1-16-14(19)9-17-4-2-11-7-18(8-13(11)6-17)15(20)12-3-5-21-10-12/h3,5,10-11,13H,2,4,6-9H2,1H3,(H,16,19)/t11-,13+/m0/s1. The number of rotatable bonds is 3. The molecule has 1 aromatic heterocycles. The smallest absolute Gasteiger partial charge is 0.254 e. The molecule has 0 bridgehead atoms. The topological polar surface area (TPSA) is 52.7 Å². The van der Waals surface area contributed by atoms with Gasteiger partial charge in [0.1, 0.15) is 0 Å². The van der Waals surface area contributed by atoms with Crippen LogP contribution in [0.4, 0.5) is 0 Å². The van der Waals surface area contributed by atoms with Crippen LogP contribution in [0.25, 0.3) is 0 Å². The molecular formula is C15H21N3O2S. The summed E-state index contributed by atoms with van der Waals surface area (Å²) >= 11 is 1.56. The van der Waals surface area contributed by atoms with Gasteiger partial charge < -0.3 is 10.2 Å². The monoisotopic (exact) mass is 307 g/mol. The summed E-state index contributed by atoms with van der Waals surface area (Å²) in [5, 5.41) is 6.54. The lowest BCUT2D eigenvalue weighted by atomic mass is 9.89. The van der Waals surface area contributed by atoms with Crippen molar-refractivity contribution in [2.75, 3.05) is 39.8 Å². The Balaban J connectivity index is 1.59. The molecule has 0 unspecified atom stereocenters. The Hall–Kier alpha value is -1.40. The number of hydrogen-bond donors (Lipinski definition) is 1. The maximum absolute atomic E-state index is 12.4. The minimum Gasteiger partial charge on any atom is -0.358 e. The van der Waals surface area contributed by atoms with E-state index in [1.54, 1.807) is 18.4 Å². The molecule has 2 atom stereocenters. The summed E-state index contributed by atoms with van der Waals surface area (Å²) in [5.74, 6) is 1.32. The first-order valence-electron chi connectivity index (χ1n) is 7.41. The number of nitrogens with zero attached hydrogens (tertiary/aromatic N) is 2. The number of nitrogens with one attached hydrogen (secondary N) is 1. The van der Waals surface area contributed by atoms with Crippen molar-refractivity contribution in [3.8, 4) is 0 Å². The predicted molar refractivity (Wildman–Crippen MR) is 82.3 cm³/mol. The summed E-state index contributed by atoms with van der Waals surface area (Å²) in [5.41, 5.74) is 0.806. The summed E-state index contributed by atoms with van der Waals surface area (Å²) in [7, 11) is 1.67. The molecule has 2 fully saturated rings. The first kappa shape index (κ1) is 14.5. The van der Waals surface area contributed by atoms with Crippen molar-refractivity contribution < 1.29 is 9.59 Å². The highest BCUT2D eigenvalue weighted by Gasteiger charge is 2.39. The Morgan fingerprint density at radius 2 is 2.14 bits per heavy atom. The van der Waals surface area contributed by atoms with Gasteiger partial charge >= 0.3 is 0 Å². The van der Waals surface area contributed by atoms with Crippen LogP contribution in [-0.2, 0) is 4.79 Å². The molecule has 2 aliphatic heterocycles. The molecule has 5 nitrogen and oxygen atoms in total. The fourth-order valence-corrected chi connectivity index (χ4v) is 4.03. The average molecular weight is 307 g/mol. The van der Waals surface area contributed by atoms with Gasteiger partial charge in [0.05, 0.1) is 12.1 Å². The molecular weight excluding hydrogens is 286 g/mol. The highest BCUT2D eigenvalue weighted by molar-refractivity contribution is 7.08. The third-order valence-electron chi connectivity index (χ3n) is 4.59. The Morgan fingerprint density at radius 1 is 1.33 bits per heavy atom. The summed E-state index contributed by atoms with van der Waals surface area (Å²) < 4.78 is 0. The third-order valence-corrected chi connectivity index (χ3v) is 5.27. The lowest BCUT2D eigenvalue weighted by Gasteiger charge is -2.33. The minimum absolute atomic E-state index is 0.0673. The van der Waals surface area contributed by atoms with Crippen molar-refractivity contribution in [2.45, 2.75) is 6.42 Å². The molecule has 3 heterocycles. The van der Waals surface area contributed by atoms with Crippen LogP contribution in [0, 0.1) is 11.8 Å². The fourth-order valence-electron chi connectivity index (χ4n) is 3.40. The van der Waals surface area contributed by atoms with Crippen molar-refractivity contribution in [2.24, 2.45) is 11.8 Å². The number of amides is 2. The van der Waals surface area contributed by atoms with Crippen LogP contribution in [0.3, 0.4) is 0 Å². The molecule has 1 aromatic rings. The van der Waals surface area contributed by atoms with Gasteiger partial charge in [0.15, 0.2) is 0 Å². The van der Waals surface area contributed by atoms with E-state index in [9.17, 15) is 9.59 Å². The molecule has 2 amide bonds. The predicted octanol–water partition coefficient (Wildman–Crippen LogP) is 0.888. The number of likely N-dealkylation sites (N-methyl/N-ethyl adjacent to an activating group) is 1. The Bertz CT molecular complexity index is 517. The average Bonchev–Trinajstić information content (AvgIpc) is 3.15. The summed E-state index contributed by atoms with van der Waals surface area (Å²) in [4.78, 5) is 28.1. The zero-order chi connectivity index (χ0) is 14.8. The highest BCUT2D eigenvalue weighted by atomic mass is 32.1. The SMILES string of the molecule is CNC(=O)CN1CC[C@H]2CN(C(=O)c3ccsc3)C[C@H]2C1. The molecule has 2 saturated heterocycles. The largest absolute Gasteiger partial charge is 0.358 e. The molecule has 0 radical (unpaired) electrons. The van der Waals surface area contributed by atoms with Crippen LogP contribution in [0.1, 0.15) is 16.8 Å². The van der Waals surface area contributed by atoms with Gasteiger partial charge in [0, 0.05) is 32.1 Å². The molecule has 0 aromatic carbocycles. The van der Waals surface area contributed by atoms with Crippen molar-refractivity contribution in [3.05, 3.63) is 22.4 Å². The van der Waals surface area contributed by atoms with Crippen molar-refractivity contribution in [1.82, 2.24) is 15.1 Å². The number of likely N-dealkylation sites (tertiary alicyclic amines) is 2. The van der Waals surface area contributed by atoms with E-state index in [2.05, 4.69) is 10.2 Å². The lowest BCUT2D eigenvalue weighted by molar-refractivity contribution is -0.122. The van der Waals surface area contributed by atoms with E-state index >= 15 is 0 Å². The van der Waals surface area contributed by atoms with Crippen molar-refractivity contribution >= 4 is 23.2 Å². The van der Waals surface area contributed by atoms with Gasteiger partial charge in [-0.05, 0) is 36.2 Å².